The highest BCUT2D eigenvalue weighted by Gasteiger charge is 2.18. The Morgan fingerprint density at radius 2 is 1.52 bits per heavy atom. The molecule has 0 unspecified atom stereocenters. The number of methoxy groups -OCH3 is 2. The van der Waals surface area contributed by atoms with Crippen molar-refractivity contribution in [1.82, 2.24) is 0 Å². The second kappa shape index (κ2) is 9.33. The Morgan fingerprint density at radius 3 is 2.12 bits per heavy atom. The topological polar surface area (TPSA) is 53.7 Å². The Kier molecular flexibility index (Phi) is 7.14. The van der Waals surface area contributed by atoms with E-state index in [9.17, 15) is 0 Å². The van der Waals surface area contributed by atoms with Crippen molar-refractivity contribution in [3.05, 3.63) is 53.6 Å². The molecule has 0 radical (unpaired) electrons. The molecular weight excluding hydrogens is 314 g/mol. The average molecular weight is 343 g/mol. The van der Waals surface area contributed by atoms with Gasteiger partial charge in [0.2, 0.25) is 0 Å². The highest BCUT2D eigenvalue weighted by Crippen LogP contribution is 2.38. The van der Waals surface area contributed by atoms with Gasteiger partial charge in [-0.05, 0) is 30.4 Å². The summed E-state index contributed by atoms with van der Waals surface area (Å²) in [5.74, 6) is 2.67. The molecule has 0 spiro atoms. The van der Waals surface area contributed by atoms with E-state index in [4.69, 9.17) is 19.9 Å². The summed E-state index contributed by atoms with van der Waals surface area (Å²) in [6.45, 7) is 4.89. The Bertz CT molecular complexity index is 656. The van der Waals surface area contributed by atoms with E-state index in [1.807, 2.05) is 42.5 Å². The Balaban J connectivity index is 2.27. The fraction of sp³-hybridized carbons (Fsp3) is 0.429. The van der Waals surface area contributed by atoms with Crippen LogP contribution in [0.2, 0.25) is 0 Å². The summed E-state index contributed by atoms with van der Waals surface area (Å²) in [6.07, 6.45) is 1.96. The predicted octanol–water partition coefficient (Wildman–Crippen LogP) is 4.72. The molecule has 4 nitrogen and oxygen atoms in total. The Hall–Kier alpha value is -2.20. The van der Waals surface area contributed by atoms with Gasteiger partial charge in [-0.1, -0.05) is 44.2 Å². The summed E-state index contributed by atoms with van der Waals surface area (Å²) in [4.78, 5) is 0. The second-order valence-electron chi connectivity index (χ2n) is 6.60. The van der Waals surface area contributed by atoms with Crippen LogP contribution >= 0.6 is 0 Å². The minimum absolute atomic E-state index is 0.104. The fourth-order valence-corrected chi connectivity index (χ4v) is 2.69. The normalized spacial score (nSPS) is 12.1. The van der Waals surface area contributed by atoms with Crippen LogP contribution in [0.5, 0.6) is 17.2 Å². The zero-order chi connectivity index (χ0) is 18.2. The molecule has 1 atom stereocenters. The van der Waals surface area contributed by atoms with Gasteiger partial charge in [0.1, 0.15) is 12.4 Å². The molecule has 2 aromatic carbocycles. The minimum atomic E-state index is -0.104. The number of nitrogens with two attached hydrogens (primary N) is 1. The van der Waals surface area contributed by atoms with Crippen molar-refractivity contribution in [2.45, 2.75) is 39.3 Å². The zero-order valence-corrected chi connectivity index (χ0v) is 15.6. The number of hydrogen-bond donors (Lipinski definition) is 1. The zero-order valence-electron chi connectivity index (χ0n) is 15.6. The molecule has 0 aromatic heterocycles. The van der Waals surface area contributed by atoms with Gasteiger partial charge in [0, 0.05) is 17.7 Å². The highest BCUT2D eigenvalue weighted by molar-refractivity contribution is 5.51. The van der Waals surface area contributed by atoms with Crippen LogP contribution < -0.4 is 19.9 Å². The van der Waals surface area contributed by atoms with Crippen molar-refractivity contribution in [2.75, 3.05) is 14.2 Å². The molecule has 2 aromatic rings. The van der Waals surface area contributed by atoms with E-state index in [0.29, 0.717) is 24.0 Å². The molecule has 0 bridgehead atoms. The molecule has 25 heavy (non-hydrogen) atoms. The molecule has 0 saturated carbocycles. The third-order valence-electron chi connectivity index (χ3n) is 4.21. The second-order valence-corrected chi connectivity index (χ2v) is 6.60. The van der Waals surface area contributed by atoms with E-state index in [2.05, 4.69) is 13.8 Å². The molecule has 0 aliphatic rings. The first-order chi connectivity index (χ1) is 12.0. The third kappa shape index (κ3) is 5.40. The molecule has 4 heteroatoms. The SMILES string of the molecule is COc1cc(OCc2ccccc2)c([C@H](N)CCC(C)C)cc1OC. The van der Waals surface area contributed by atoms with Crippen LogP contribution in [0, 0.1) is 5.92 Å². The van der Waals surface area contributed by atoms with Gasteiger partial charge in [-0.25, -0.2) is 0 Å². The van der Waals surface area contributed by atoms with Gasteiger partial charge in [0.15, 0.2) is 11.5 Å². The third-order valence-corrected chi connectivity index (χ3v) is 4.21. The van der Waals surface area contributed by atoms with E-state index in [0.717, 1.165) is 29.7 Å². The molecular formula is C21H29NO3. The van der Waals surface area contributed by atoms with E-state index in [-0.39, 0.29) is 6.04 Å². The summed E-state index contributed by atoms with van der Waals surface area (Å²) >= 11 is 0. The van der Waals surface area contributed by atoms with Crippen LogP contribution in [0.3, 0.4) is 0 Å². The molecule has 2 N–H and O–H groups in total. The maximum Gasteiger partial charge on any atom is 0.164 e. The predicted molar refractivity (Wildman–Crippen MR) is 101 cm³/mol. The fourth-order valence-electron chi connectivity index (χ4n) is 2.69. The molecule has 2 rings (SSSR count). The lowest BCUT2D eigenvalue weighted by molar-refractivity contribution is 0.293. The summed E-state index contributed by atoms with van der Waals surface area (Å²) < 4.78 is 16.9. The summed E-state index contributed by atoms with van der Waals surface area (Å²) in [5.41, 5.74) is 8.51. The Labute approximate surface area is 150 Å². The molecule has 0 saturated heterocycles. The van der Waals surface area contributed by atoms with Crippen LogP contribution in [0.15, 0.2) is 42.5 Å². The number of hydrogen-bond acceptors (Lipinski definition) is 4. The number of ether oxygens (including phenoxy) is 3. The van der Waals surface area contributed by atoms with E-state index < -0.39 is 0 Å². The van der Waals surface area contributed by atoms with Crippen molar-refractivity contribution < 1.29 is 14.2 Å². The summed E-state index contributed by atoms with van der Waals surface area (Å²) in [5, 5.41) is 0. The van der Waals surface area contributed by atoms with Crippen molar-refractivity contribution >= 4 is 0 Å². The van der Waals surface area contributed by atoms with Crippen molar-refractivity contribution in [2.24, 2.45) is 11.7 Å². The van der Waals surface area contributed by atoms with Crippen LogP contribution in [-0.4, -0.2) is 14.2 Å². The first-order valence-corrected chi connectivity index (χ1v) is 8.73. The monoisotopic (exact) mass is 343 g/mol. The van der Waals surface area contributed by atoms with Crippen LogP contribution in [0.4, 0.5) is 0 Å². The maximum absolute atomic E-state index is 6.45. The quantitative estimate of drug-likeness (QED) is 0.716. The van der Waals surface area contributed by atoms with Crippen molar-refractivity contribution in [1.29, 1.82) is 0 Å². The van der Waals surface area contributed by atoms with E-state index in [1.54, 1.807) is 14.2 Å². The van der Waals surface area contributed by atoms with Gasteiger partial charge < -0.3 is 19.9 Å². The molecule has 0 aliphatic heterocycles. The van der Waals surface area contributed by atoms with E-state index >= 15 is 0 Å². The van der Waals surface area contributed by atoms with Gasteiger partial charge in [0.05, 0.1) is 14.2 Å². The molecule has 0 amide bonds. The van der Waals surface area contributed by atoms with Crippen LogP contribution in [-0.2, 0) is 6.61 Å². The number of benzene rings is 2. The first-order valence-electron chi connectivity index (χ1n) is 8.73. The van der Waals surface area contributed by atoms with Crippen LogP contribution in [0.1, 0.15) is 43.9 Å². The smallest absolute Gasteiger partial charge is 0.164 e. The van der Waals surface area contributed by atoms with Gasteiger partial charge in [0.25, 0.3) is 0 Å². The molecule has 0 aliphatic carbocycles. The lowest BCUT2D eigenvalue weighted by Crippen LogP contribution is -2.13. The van der Waals surface area contributed by atoms with Gasteiger partial charge in [-0.2, -0.15) is 0 Å². The first kappa shape index (κ1) is 19.1. The molecule has 136 valence electrons. The minimum Gasteiger partial charge on any atom is -0.493 e. The van der Waals surface area contributed by atoms with Gasteiger partial charge >= 0.3 is 0 Å². The van der Waals surface area contributed by atoms with Crippen molar-refractivity contribution in [3.8, 4) is 17.2 Å². The maximum atomic E-state index is 6.45. The van der Waals surface area contributed by atoms with Gasteiger partial charge in [-0.15, -0.1) is 0 Å². The lowest BCUT2D eigenvalue weighted by atomic mass is 9.97. The number of rotatable bonds is 9. The summed E-state index contributed by atoms with van der Waals surface area (Å²) in [6, 6.07) is 13.8. The molecule has 0 fully saturated rings. The molecule has 0 heterocycles. The standard InChI is InChI=1S/C21H29NO3/c1-15(2)10-11-18(22)17-12-20(23-3)21(24-4)13-19(17)25-14-16-8-6-5-7-9-16/h5-9,12-13,15,18H,10-11,14,22H2,1-4H3/t18-/m1/s1. The van der Waals surface area contributed by atoms with Gasteiger partial charge in [-0.3, -0.25) is 0 Å². The largest absolute Gasteiger partial charge is 0.493 e. The average Bonchev–Trinajstić information content (AvgIpc) is 2.64. The Morgan fingerprint density at radius 1 is 0.880 bits per heavy atom. The summed E-state index contributed by atoms with van der Waals surface area (Å²) in [7, 11) is 3.25. The van der Waals surface area contributed by atoms with E-state index in [1.165, 1.54) is 0 Å². The lowest BCUT2D eigenvalue weighted by Gasteiger charge is -2.20. The highest BCUT2D eigenvalue weighted by atomic mass is 16.5. The van der Waals surface area contributed by atoms with Crippen LogP contribution in [0.25, 0.3) is 0 Å². The van der Waals surface area contributed by atoms with Crippen molar-refractivity contribution in [3.63, 3.8) is 0 Å².